The minimum absolute atomic E-state index is 0.822. The van der Waals surface area contributed by atoms with E-state index in [1.165, 1.54) is 0 Å². The van der Waals surface area contributed by atoms with Gasteiger partial charge in [-0.25, -0.2) is 0 Å². The second-order valence-corrected chi connectivity index (χ2v) is 21.8. The fourth-order valence-corrected chi connectivity index (χ4v) is 3.74. The van der Waals surface area contributed by atoms with Crippen LogP contribution in [0, 0.1) is 0 Å². The van der Waals surface area contributed by atoms with E-state index in [2.05, 4.69) is 64.1 Å². The summed E-state index contributed by atoms with van der Waals surface area (Å²) in [5, 5.41) is 4.15. The number of hydrogen-bond donors (Lipinski definition) is 0. The second kappa shape index (κ2) is 7.23. The first-order valence-electron chi connectivity index (χ1n) is 7.99. The van der Waals surface area contributed by atoms with Crippen LogP contribution >= 0.6 is 0 Å². The quantitative estimate of drug-likeness (QED) is 0.372. The van der Waals surface area contributed by atoms with E-state index >= 15 is 0 Å². The number of benzene rings is 1. The van der Waals surface area contributed by atoms with Gasteiger partial charge in [0.25, 0.3) is 8.32 Å². The summed E-state index contributed by atoms with van der Waals surface area (Å²) in [6.07, 6.45) is 1.74. The zero-order chi connectivity index (χ0) is 17.9. The van der Waals surface area contributed by atoms with Gasteiger partial charge < -0.3 is 13.4 Å². The van der Waals surface area contributed by atoms with Crippen LogP contribution in [0.25, 0.3) is 0 Å². The largest absolute Gasteiger partial charge is 0.544 e. The van der Waals surface area contributed by atoms with Crippen molar-refractivity contribution in [1.29, 1.82) is 0 Å². The van der Waals surface area contributed by atoms with Crippen LogP contribution in [0.2, 0.25) is 58.9 Å². The lowest BCUT2D eigenvalue weighted by atomic mass is 10.2. The van der Waals surface area contributed by atoms with Gasteiger partial charge in [0, 0.05) is 11.6 Å². The van der Waals surface area contributed by atoms with Crippen molar-refractivity contribution < 1.29 is 13.4 Å². The van der Waals surface area contributed by atoms with Crippen molar-refractivity contribution in [2.24, 2.45) is 5.16 Å². The molecule has 0 spiro atoms. The van der Waals surface area contributed by atoms with Crippen molar-refractivity contribution in [3.63, 3.8) is 0 Å². The molecule has 0 N–H and O–H groups in total. The van der Waals surface area contributed by atoms with E-state index in [9.17, 15) is 0 Å². The van der Waals surface area contributed by atoms with Gasteiger partial charge in [0.05, 0.1) is 6.21 Å². The minimum atomic E-state index is -1.72. The van der Waals surface area contributed by atoms with E-state index in [4.69, 9.17) is 13.4 Å². The highest BCUT2D eigenvalue weighted by atomic mass is 28.4. The zero-order valence-electron chi connectivity index (χ0n) is 16.0. The van der Waals surface area contributed by atoms with Gasteiger partial charge in [0.15, 0.2) is 0 Å². The Balaban J connectivity index is 3.08. The summed E-state index contributed by atoms with van der Waals surface area (Å²) >= 11 is 0. The smallest absolute Gasteiger partial charge is 0.278 e. The SMILES string of the molecule is C[Si](C)(C)O/N=C\c1ccc(O[Si](C)(C)C)cc1O[Si](C)(C)C. The molecule has 1 aromatic rings. The van der Waals surface area contributed by atoms with Crippen molar-refractivity contribution in [3.05, 3.63) is 23.8 Å². The number of oxime groups is 1. The van der Waals surface area contributed by atoms with E-state index in [1.807, 2.05) is 18.2 Å². The van der Waals surface area contributed by atoms with Gasteiger partial charge in [-0.15, -0.1) is 5.16 Å². The summed E-state index contributed by atoms with van der Waals surface area (Å²) in [5.41, 5.74) is 0.925. The Kier molecular flexibility index (Phi) is 6.28. The highest BCUT2D eigenvalue weighted by Crippen LogP contribution is 2.28. The maximum absolute atomic E-state index is 6.21. The molecule has 130 valence electrons. The minimum Gasteiger partial charge on any atom is -0.544 e. The molecule has 0 amide bonds. The molecule has 1 aromatic carbocycles. The highest BCUT2D eigenvalue weighted by molar-refractivity contribution is 6.71. The summed E-state index contributed by atoms with van der Waals surface area (Å²) in [6.45, 7) is 19.3. The normalized spacial score (nSPS) is 13.3. The molecule has 0 atom stereocenters. The van der Waals surface area contributed by atoms with Gasteiger partial charge in [0.1, 0.15) is 11.5 Å². The molecule has 0 fully saturated rings. The van der Waals surface area contributed by atoms with Crippen molar-refractivity contribution in [2.75, 3.05) is 0 Å². The van der Waals surface area contributed by atoms with Gasteiger partial charge in [-0.1, -0.05) is 0 Å². The van der Waals surface area contributed by atoms with Gasteiger partial charge >= 0.3 is 0 Å². The molecule has 7 heteroatoms. The van der Waals surface area contributed by atoms with Crippen LogP contribution in [0.15, 0.2) is 23.4 Å². The first-order chi connectivity index (χ1) is 10.3. The Morgan fingerprint density at radius 2 is 1.35 bits per heavy atom. The third-order valence-electron chi connectivity index (χ3n) is 2.34. The number of hydrogen-bond acceptors (Lipinski definition) is 4. The van der Waals surface area contributed by atoms with E-state index in [0.29, 0.717) is 0 Å². The lowest BCUT2D eigenvalue weighted by molar-refractivity contribution is 0.338. The van der Waals surface area contributed by atoms with Gasteiger partial charge in [0.2, 0.25) is 16.6 Å². The predicted molar refractivity (Wildman–Crippen MR) is 106 cm³/mol. The zero-order valence-corrected chi connectivity index (χ0v) is 19.0. The molecule has 0 heterocycles. The van der Waals surface area contributed by atoms with E-state index in [0.717, 1.165) is 17.1 Å². The lowest BCUT2D eigenvalue weighted by Gasteiger charge is -2.24. The average molecular weight is 370 g/mol. The van der Waals surface area contributed by atoms with Crippen LogP contribution in [0.5, 0.6) is 11.5 Å². The fraction of sp³-hybridized carbons (Fsp3) is 0.562. The molecule has 0 aromatic heterocycles. The molecule has 0 unspecified atom stereocenters. The fourth-order valence-electron chi connectivity index (χ4n) is 1.70. The molecule has 0 aliphatic heterocycles. The summed E-state index contributed by atoms with van der Waals surface area (Å²) in [4.78, 5) is 0. The van der Waals surface area contributed by atoms with Crippen LogP contribution in [0.1, 0.15) is 5.56 Å². The van der Waals surface area contributed by atoms with Crippen molar-refractivity contribution in [2.45, 2.75) is 58.9 Å². The van der Waals surface area contributed by atoms with Crippen molar-refractivity contribution in [3.8, 4) is 11.5 Å². The summed E-state index contributed by atoms with van der Waals surface area (Å²) in [6, 6.07) is 5.94. The van der Waals surface area contributed by atoms with Crippen LogP contribution in [0.4, 0.5) is 0 Å². The molecule has 0 saturated heterocycles. The first-order valence-corrected chi connectivity index (χ1v) is 18.2. The number of nitrogens with zero attached hydrogens (tertiary/aromatic N) is 1. The van der Waals surface area contributed by atoms with Gasteiger partial charge in [-0.05, 0) is 71.1 Å². The molecule has 23 heavy (non-hydrogen) atoms. The predicted octanol–water partition coefficient (Wildman–Crippen LogP) is 5.30. The Morgan fingerprint density at radius 3 is 1.83 bits per heavy atom. The van der Waals surface area contributed by atoms with Crippen LogP contribution < -0.4 is 8.85 Å². The highest BCUT2D eigenvalue weighted by Gasteiger charge is 2.21. The molecule has 0 radical (unpaired) electrons. The van der Waals surface area contributed by atoms with Crippen LogP contribution in [0.3, 0.4) is 0 Å². The monoisotopic (exact) mass is 369 g/mol. The molecular weight excluding hydrogens is 338 g/mol. The maximum Gasteiger partial charge on any atom is 0.278 e. The van der Waals surface area contributed by atoms with Gasteiger partial charge in [-0.3, -0.25) is 0 Å². The third kappa shape index (κ3) is 8.97. The Labute approximate surface area is 144 Å². The molecule has 1 rings (SSSR count). The standard InChI is InChI=1S/C16H31NO3Si3/c1-21(2,3)18-15-11-10-14(13-17-20-23(7,8)9)16(12-15)19-22(4,5)6/h10-13H,1-9H3/b17-13-. The summed E-state index contributed by atoms with van der Waals surface area (Å²) in [5.74, 6) is 1.68. The molecule has 0 aliphatic carbocycles. The van der Waals surface area contributed by atoms with Gasteiger partial charge in [-0.2, -0.15) is 0 Å². The molecule has 0 bridgehead atoms. The topological polar surface area (TPSA) is 40.0 Å². The van der Waals surface area contributed by atoms with Crippen LogP contribution in [-0.2, 0) is 4.53 Å². The Hall–Kier alpha value is -1.06. The molecule has 4 nitrogen and oxygen atoms in total. The van der Waals surface area contributed by atoms with E-state index < -0.39 is 25.0 Å². The number of rotatable bonds is 7. The lowest BCUT2D eigenvalue weighted by Crippen LogP contribution is -2.31. The molecule has 0 saturated carbocycles. The van der Waals surface area contributed by atoms with E-state index in [-0.39, 0.29) is 0 Å². The van der Waals surface area contributed by atoms with Crippen molar-refractivity contribution >= 4 is 31.2 Å². The Bertz CT molecular complexity index is 555. The first kappa shape index (κ1) is 20.0. The molecule has 0 aliphatic rings. The maximum atomic E-state index is 6.21. The van der Waals surface area contributed by atoms with E-state index in [1.54, 1.807) is 6.21 Å². The third-order valence-corrected chi connectivity index (χ3v) is 4.68. The molecular formula is C16H31NO3Si3. The average Bonchev–Trinajstić information content (AvgIpc) is 2.26. The summed E-state index contributed by atoms with van der Waals surface area (Å²) in [7, 11) is -5.04. The Morgan fingerprint density at radius 1 is 0.783 bits per heavy atom. The second-order valence-electron chi connectivity index (χ2n) is 8.57. The van der Waals surface area contributed by atoms with Crippen molar-refractivity contribution in [1.82, 2.24) is 0 Å². The van der Waals surface area contributed by atoms with Crippen LogP contribution in [-0.4, -0.2) is 31.2 Å². The summed E-state index contributed by atoms with van der Waals surface area (Å²) < 4.78 is 17.9.